The van der Waals surface area contributed by atoms with Gasteiger partial charge in [0, 0.05) is 22.7 Å². The van der Waals surface area contributed by atoms with Gasteiger partial charge in [0.25, 0.3) is 6.43 Å². The van der Waals surface area contributed by atoms with E-state index in [-0.39, 0.29) is 29.1 Å². The number of nitrogens with zero attached hydrogens (tertiary/aromatic N) is 2. The molecule has 2 aromatic carbocycles. The first kappa shape index (κ1) is 25.8. The highest BCUT2D eigenvalue weighted by Gasteiger charge is 2.29. The molecule has 36 heavy (non-hydrogen) atoms. The van der Waals surface area contributed by atoms with Crippen LogP contribution in [0.1, 0.15) is 65.3 Å². The van der Waals surface area contributed by atoms with Crippen molar-refractivity contribution in [2.45, 2.75) is 63.9 Å². The molecule has 2 unspecified atom stereocenters. The average Bonchev–Trinajstić information content (AvgIpc) is 3.51. The molecule has 1 aliphatic carbocycles. The number of aliphatic hydroxyl groups excluding tert-OH is 1. The van der Waals surface area contributed by atoms with Crippen molar-refractivity contribution in [2.75, 3.05) is 14.2 Å². The van der Waals surface area contributed by atoms with Crippen molar-refractivity contribution in [3.63, 3.8) is 0 Å². The Morgan fingerprint density at radius 1 is 1.11 bits per heavy atom. The van der Waals surface area contributed by atoms with Crippen LogP contribution in [-0.2, 0) is 11.3 Å². The molecule has 0 saturated heterocycles. The van der Waals surface area contributed by atoms with Gasteiger partial charge in [-0.25, -0.2) is 13.6 Å². The van der Waals surface area contributed by atoms with Crippen LogP contribution in [0, 0.1) is 6.92 Å². The quantitative estimate of drug-likeness (QED) is 0.398. The largest absolute Gasteiger partial charge is 0.496 e. The van der Waals surface area contributed by atoms with E-state index < -0.39 is 30.2 Å². The lowest BCUT2D eigenvalue weighted by molar-refractivity contribution is -0.0845. The van der Waals surface area contributed by atoms with Gasteiger partial charge in [-0.2, -0.15) is 5.10 Å². The van der Waals surface area contributed by atoms with Crippen LogP contribution in [0.25, 0.3) is 10.9 Å². The summed E-state index contributed by atoms with van der Waals surface area (Å²) in [4.78, 5) is 11.7. The Hall–Kier alpha value is -3.24. The molecule has 1 aromatic heterocycles. The van der Waals surface area contributed by atoms with E-state index in [1.807, 2.05) is 6.92 Å². The number of alkyl halides is 2. The average molecular weight is 505 g/mol. The second-order valence-electron chi connectivity index (χ2n) is 9.04. The van der Waals surface area contributed by atoms with E-state index in [1.54, 1.807) is 12.1 Å². The van der Waals surface area contributed by atoms with Crippen molar-refractivity contribution >= 4 is 16.9 Å². The lowest BCUT2D eigenvalue weighted by Crippen LogP contribution is -2.31. The normalized spacial score (nSPS) is 16.0. The number of hydrogen-bond acceptors (Lipinski definition) is 6. The van der Waals surface area contributed by atoms with Crippen LogP contribution in [0.3, 0.4) is 0 Å². The molecule has 1 heterocycles. The van der Waals surface area contributed by atoms with Crippen LogP contribution >= 0.6 is 0 Å². The Bertz CT molecular complexity index is 1210. The zero-order valence-corrected chi connectivity index (χ0v) is 20.4. The lowest BCUT2D eigenvalue weighted by atomic mass is 10.0. The lowest BCUT2D eigenvalue weighted by Gasteiger charge is -2.27. The number of aromatic nitrogens is 2. The van der Waals surface area contributed by atoms with E-state index in [2.05, 4.69) is 5.10 Å². The van der Waals surface area contributed by atoms with Gasteiger partial charge in [0.05, 0.1) is 32.4 Å². The summed E-state index contributed by atoms with van der Waals surface area (Å²) in [6.45, 7) is 1.93. The summed E-state index contributed by atoms with van der Waals surface area (Å²) in [6.07, 6.45) is 0.609. The highest BCUT2D eigenvalue weighted by atomic mass is 19.3. The summed E-state index contributed by atoms with van der Waals surface area (Å²) in [7, 11) is 3.07. The Labute approximate surface area is 207 Å². The third-order valence-corrected chi connectivity index (χ3v) is 6.67. The molecule has 0 bridgehead atoms. The van der Waals surface area contributed by atoms with E-state index in [4.69, 9.17) is 14.2 Å². The first-order chi connectivity index (χ1) is 17.2. The zero-order chi connectivity index (χ0) is 26.0. The molecule has 0 amide bonds. The van der Waals surface area contributed by atoms with Crippen molar-refractivity contribution in [2.24, 2.45) is 0 Å². The number of rotatable bonds is 10. The molecule has 8 nitrogen and oxygen atoms in total. The number of carbonyl (C=O) groups is 1. The molecular formula is C26H30F2N2O6. The molecule has 1 saturated carbocycles. The Morgan fingerprint density at radius 2 is 1.75 bits per heavy atom. The molecule has 0 spiro atoms. The molecule has 1 aliphatic rings. The molecule has 0 radical (unpaired) electrons. The van der Waals surface area contributed by atoms with E-state index in [0.29, 0.717) is 17.1 Å². The topological polar surface area (TPSA) is 103 Å². The fourth-order valence-electron chi connectivity index (χ4n) is 4.76. The number of benzene rings is 2. The fraction of sp³-hybridized carbons (Fsp3) is 0.462. The second-order valence-corrected chi connectivity index (χ2v) is 9.04. The molecular weight excluding hydrogens is 474 g/mol. The predicted molar refractivity (Wildman–Crippen MR) is 128 cm³/mol. The van der Waals surface area contributed by atoms with E-state index in [1.165, 1.54) is 31.2 Å². The van der Waals surface area contributed by atoms with Gasteiger partial charge in [-0.1, -0.05) is 12.8 Å². The molecule has 3 aromatic rings. The standard InChI is InChI=1S/C26H30F2N2O6/c1-14-20(34-2)10-15(11-21(14)35-3)24(31)22(36-18-6-4-5-7-18)13-30-12-17-8-16(25(27)28)9-19(26(32)33)23(17)29-30/h8-12,18,22,24-25,31H,4-7,13H2,1-3H3,(H,32,33). The van der Waals surface area contributed by atoms with Gasteiger partial charge in [0.2, 0.25) is 0 Å². The predicted octanol–water partition coefficient (Wildman–Crippen LogP) is 5.06. The maximum Gasteiger partial charge on any atom is 0.338 e. The second kappa shape index (κ2) is 10.8. The minimum absolute atomic E-state index is 0.0381. The first-order valence-corrected chi connectivity index (χ1v) is 11.8. The van der Waals surface area contributed by atoms with Gasteiger partial charge in [0.15, 0.2) is 0 Å². The number of carboxylic acids is 1. The van der Waals surface area contributed by atoms with Crippen molar-refractivity contribution in [1.82, 2.24) is 9.78 Å². The monoisotopic (exact) mass is 504 g/mol. The Balaban J connectivity index is 1.71. The highest BCUT2D eigenvalue weighted by molar-refractivity contribution is 6.02. The summed E-state index contributed by atoms with van der Waals surface area (Å²) in [5.41, 5.74) is 0.721. The summed E-state index contributed by atoms with van der Waals surface area (Å²) >= 11 is 0. The maximum absolute atomic E-state index is 13.3. The first-order valence-electron chi connectivity index (χ1n) is 11.8. The third kappa shape index (κ3) is 5.29. The molecule has 1 fully saturated rings. The number of aliphatic hydroxyl groups is 1. The number of halogens is 2. The summed E-state index contributed by atoms with van der Waals surface area (Å²) in [5, 5.41) is 25.6. The van der Waals surface area contributed by atoms with Crippen molar-refractivity contribution in [1.29, 1.82) is 0 Å². The number of carboxylic acid groups (broad SMARTS) is 1. The van der Waals surface area contributed by atoms with Gasteiger partial charge in [-0.05, 0) is 49.6 Å². The van der Waals surface area contributed by atoms with Crippen LogP contribution in [0.5, 0.6) is 11.5 Å². The summed E-state index contributed by atoms with van der Waals surface area (Å²) in [6, 6.07) is 5.63. The Morgan fingerprint density at radius 3 is 2.31 bits per heavy atom. The van der Waals surface area contributed by atoms with E-state index in [0.717, 1.165) is 37.3 Å². The van der Waals surface area contributed by atoms with Gasteiger partial charge < -0.3 is 24.4 Å². The minimum atomic E-state index is -2.82. The maximum atomic E-state index is 13.3. The van der Waals surface area contributed by atoms with Crippen LogP contribution < -0.4 is 9.47 Å². The van der Waals surface area contributed by atoms with Crippen molar-refractivity contribution in [3.05, 3.63) is 52.7 Å². The molecule has 4 rings (SSSR count). The number of fused-ring (bicyclic) bond motifs is 1. The van der Waals surface area contributed by atoms with Gasteiger partial charge in [0.1, 0.15) is 29.2 Å². The molecule has 194 valence electrons. The smallest absolute Gasteiger partial charge is 0.338 e. The van der Waals surface area contributed by atoms with Crippen LogP contribution in [-0.4, -0.2) is 52.4 Å². The van der Waals surface area contributed by atoms with Crippen molar-refractivity contribution < 1.29 is 38.0 Å². The van der Waals surface area contributed by atoms with E-state index in [9.17, 15) is 23.8 Å². The molecule has 0 aliphatic heterocycles. The summed E-state index contributed by atoms with van der Waals surface area (Å²) in [5.74, 6) is -0.234. The van der Waals surface area contributed by atoms with Gasteiger partial charge >= 0.3 is 5.97 Å². The van der Waals surface area contributed by atoms with E-state index >= 15 is 0 Å². The number of hydrogen-bond donors (Lipinski definition) is 2. The third-order valence-electron chi connectivity index (χ3n) is 6.67. The molecule has 10 heteroatoms. The fourth-order valence-corrected chi connectivity index (χ4v) is 4.76. The molecule has 2 atom stereocenters. The number of ether oxygens (including phenoxy) is 3. The molecule has 2 N–H and O–H groups in total. The summed E-state index contributed by atoms with van der Waals surface area (Å²) < 4.78 is 45.3. The van der Waals surface area contributed by atoms with Crippen molar-refractivity contribution in [3.8, 4) is 11.5 Å². The number of aromatic carboxylic acids is 1. The minimum Gasteiger partial charge on any atom is -0.496 e. The SMILES string of the molecule is COc1cc(C(O)C(Cn2cc3cc(C(F)F)cc(C(=O)O)c3n2)OC2CCCC2)cc(OC)c1C. The number of methoxy groups -OCH3 is 2. The van der Waals surface area contributed by atoms with Gasteiger partial charge in [-0.15, -0.1) is 0 Å². The van der Waals surface area contributed by atoms with Crippen LogP contribution in [0.2, 0.25) is 0 Å². The van der Waals surface area contributed by atoms with Gasteiger partial charge in [-0.3, -0.25) is 4.68 Å². The van der Waals surface area contributed by atoms with Crippen LogP contribution in [0.15, 0.2) is 30.5 Å². The zero-order valence-electron chi connectivity index (χ0n) is 20.4. The Kier molecular flexibility index (Phi) is 7.75. The highest BCUT2D eigenvalue weighted by Crippen LogP contribution is 2.35. The van der Waals surface area contributed by atoms with Crippen LogP contribution in [0.4, 0.5) is 8.78 Å².